The number of nitrogens with one attached hydrogen (secondary N) is 1. The molecule has 0 aliphatic rings. The van der Waals surface area contributed by atoms with Crippen molar-refractivity contribution in [3.8, 4) is 0 Å². The van der Waals surface area contributed by atoms with Crippen molar-refractivity contribution in [1.82, 2.24) is 19.9 Å². The first-order valence-electron chi connectivity index (χ1n) is 6.78. The predicted octanol–water partition coefficient (Wildman–Crippen LogP) is 2.28. The molecular formula is C16H16N4O. The van der Waals surface area contributed by atoms with Gasteiger partial charge in [-0.3, -0.25) is 4.79 Å². The van der Waals surface area contributed by atoms with Crippen molar-refractivity contribution in [2.45, 2.75) is 20.4 Å². The number of nitrogens with zero attached hydrogens (tertiary/aromatic N) is 3. The first-order chi connectivity index (χ1) is 10.1. The van der Waals surface area contributed by atoms with E-state index >= 15 is 0 Å². The Kier molecular flexibility index (Phi) is 3.39. The highest BCUT2D eigenvalue weighted by Gasteiger charge is 2.11. The zero-order valence-electron chi connectivity index (χ0n) is 12.0. The normalized spacial score (nSPS) is 10.8. The number of amides is 1. The summed E-state index contributed by atoms with van der Waals surface area (Å²) in [5.74, 6) is -0.161. The molecule has 0 radical (unpaired) electrons. The van der Waals surface area contributed by atoms with Gasteiger partial charge >= 0.3 is 0 Å². The highest BCUT2D eigenvalue weighted by molar-refractivity contribution is 5.92. The van der Waals surface area contributed by atoms with E-state index in [1.54, 1.807) is 16.8 Å². The molecule has 5 heteroatoms. The standard InChI is InChI=1S/C16H16N4O/c1-11-3-5-13(6-4-11)10-18-16(21)14-7-8-17-15-9-12(2)19-20(14)15/h3-9H,10H2,1-2H3,(H,18,21). The lowest BCUT2D eigenvalue weighted by molar-refractivity contribution is 0.0943. The third kappa shape index (κ3) is 2.76. The smallest absolute Gasteiger partial charge is 0.270 e. The van der Waals surface area contributed by atoms with Gasteiger partial charge in [0, 0.05) is 18.8 Å². The summed E-state index contributed by atoms with van der Waals surface area (Å²) >= 11 is 0. The van der Waals surface area contributed by atoms with Crippen molar-refractivity contribution in [1.29, 1.82) is 0 Å². The van der Waals surface area contributed by atoms with Gasteiger partial charge in [0.05, 0.1) is 5.69 Å². The van der Waals surface area contributed by atoms with E-state index in [1.165, 1.54) is 5.56 Å². The van der Waals surface area contributed by atoms with Crippen molar-refractivity contribution in [3.05, 3.63) is 65.1 Å². The molecule has 2 heterocycles. The molecule has 0 atom stereocenters. The number of aryl methyl sites for hydroxylation is 2. The molecule has 1 N–H and O–H groups in total. The summed E-state index contributed by atoms with van der Waals surface area (Å²) in [4.78, 5) is 16.5. The number of fused-ring (bicyclic) bond motifs is 1. The van der Waals surface area contributed by atoms with Crippen LogP contribution in [0.1, 0.15) is 27.3 Å². The maximum atomic E-state index is 12.3. The van der Waals surface area contributed by atoms with E-state index in [0.29, 0.717) is 17.9 Å². The number of hydrogen-bond acceptors (Lipinski definition) is 3. The fourth-order valence-corrected chi connectivity index (χ4v) is 2.16. The number of rotatable bonds is 3. The predicted molar refractivity (Wildman–Crippen MR) is 80.1 cm³/mol. The number of carbonyl (C=O) groups excluding carboxylic acids is 1. The molecule has 1 amide bonds. The van der Waals surface area contributed by atoms with Crippen molar-refractivity contribution in [2.75, 3.05) is 0 Å². The molecule has 5 nitrogen and oxygen atoms in total. The Hall–Kier alpha value is -2.69. The van der Waals surface area contributed by atoms with Crippen molar-refractivity contribution < 1.29 is 4.79 Å². The SMILES string of the molecule is Cc1ccc(CNC(=O)c2ccnc3cc(C)nn23)cc1. The summed E-state index contributed by atoms with van der Waals surface area (Å²) in [6.45, 7) is 4.40. The second kappa shape index (κ2) is 5.36. The van der Waals surface area contributed by atoms with E-state index in [0.717, 1.165) is 11.3 Å². The quantitative estimate of drug-likeness (QED) is 0.800. The van der Waals surface area contributed by atoms with Gasteiger partial charge in [-0.1, -0.05) is 29.8 Å². The summed E-state index contributed by atoms with van der Waals surface area (Å²) in [5, 5.41) is 7.20. The van der Waals surface area contributed by atoms with Crippen molar-refractivity contribution in [3.63, 3.8) is 0 Å². The molecule has 2 aromatic heterocycles. The van der Waals surface area contributed by atoms with Crippen LogP contribution in [0.4, 0.5) is 0 Å². The molecule has 21 heavy (non-hydrogen) atoms. The van der Waals surface area contributed by atoms with Crippen LogP contribution in [0.3, 0.4) is 0 Å². The van der Waals surface area contributed by atoms with E-state index in [2.05, 4.69) is 15.4 Å². The van der Waals surface area contributed by atoms with Gasteiger partial charge in [0.15, 0.2) is 5.65 Å². The second-order valence-corrected chi connectivity index (χ2v) is 5.05. The Bertz CT molecular complexity index is 790. The fourth-order valence-electron chi connectivity index (χ4n) is 2.16. The highest BCUT2D eigenvalue weighted by atomic mass is 16.1. The molecule has 0 saturated heterocycles. The summed E-state index contributed by atoms with van der Waals surface area (Å²) < 4.78 is 1.57. The Morgan fingerprint density at radius 2 is 1.95 bits per heavy atom. The van der Waals surface area contributed by atoms with Gasteiger partial charge in [0.2, 0.25) is 0 Å². The van der Waals surface area contributed by atoms with Crippen LogP contribution in [-0.2, 0) is 6.54 Å². The van der Waals surface area contributed by atoms with Gasteiger partial charge in [0.1, 0.15) is 5.69 Å². The summed E-state index contributed by atoms with van der Waals surface area (Å²) in [7, 11) is 0. The first-order valence-corrected chi connectivity index (χ1v) is 6.78. The van der Waals surface area contributed by atoms with Gasteiger partial charge in [-0.2, -0.15) is 5.10 Å². The Balaban J connectivity index is 1.79. The molecule has 0 aliphatic carbocycles. The zero-order valence-corrected chi connectivity index (χ0v) is 12.0. The molecule has 3 rings (SSSR count). The minimum Gasteiger partial charge on any atom is -0.347 e. The Morgan fingerprint density at radius 1 is 1.19 bits per heavy atom. The van der Waals surface area contributed by atoms with Gasteiger partial charge < -0.3 is 5.32 Å². The molecule has 0 spiro atoms. The van der Waals surface area contributed by atoms with E-state index in [9.17, 15) is 4.79 Å². The Labute approximate surface area is 122 Å². The van der Waals surface area contributed by atoms with Crippen molar-refractivity contribution >= 4 is 11.6 Å². The number of hydrogen-bond donors (Lipinski definition) is 1. The summed E-state index contributed by atoms with van der Waals surface area (Å²) in [6.07, 6.45) is 1.62. The molecule has 0 fully saturated rings. The van der Waals surface area contributed by atoms with Crippen LogP contribution in [-0.4, -0.2) is 20.5 Å². The van der Waals surface area contributed by atoms with Crippen LogP contribution in [0.2, 0.25) is 0 Å². The molecule has 0 saturated carbocycles. The van der Waals surface area contributed by atoms with Gasteiger partial charge in [-0.05, 0) is 25.5 Å². The molecule has 0 unspecified atom stereocenters. The third-order valence-electron chi connectivity index (χ3n) is 3.29. The molecule has 3 aromatic rings. The van der Waals surface area contributed by atoms with Crippen LogP contribution in [0.15, 0.2) is 42.6 Å². The highest BCUT2D eigenvalue weighted by Crippen LogP contribution is 2.07. The number of carbonyl (C=O) groups is 1. The molecule has 0 bridgehead atoms. The summed E-state index contributed by atoms with van der Waals surface area (Å²) in [5.41, 5.74) is 4.26. The van der Waals surface area contributed by atoms with Gasteiger partial charge in [-0.25, -0.2) is 9.50 Å². The van der Waals surface area contributed by atoms with Crippen LogP contribution in [0, 0.1) is 13.8 Å². The minimum absolute atomic E-state index is 0.161. The average molecular weight is 280 g/mol. The second-order valence-electron chi connectivity index (χ2n) is 5.05. The molecule has 106 valence electrons. The largest absolute Gasteiger partial charge is 0.347 e. The lowest BCUT2D eigenvalue weighted by atomic mass is 10.1. The minimum atomic E-state index is -0.161. The Morgan fingerprint density at radius 3 is 2.71 bits per heavy atom. The van der Waals surface area contributed by atoms with Crippen LogP contribution in [0.25, 0.3) is 5.65 Å². The first kappa shape index (κ1) is 13.3. The molecular weight excluding hydrogens is 264 g/mol. The average Bonchev–Trinajstić information content (AvgIpc) is 2.86. The fraction of sp³-hybridized carbons (Fsp3) is 0.188. The van der Waals surface area contributed by atoms with E-state index in [-0.39, 0.29) is 5.91 Å². The topological polar surface area (TPSA) is 59.3 Å². The van der Waals surface area contributed by atoms with Gasteiger partial charge in [0.25, 0.3) is 5.91 Å². The number of aromatic nitrogens is 3. The van der Waals surface area contributed by atoms with Crippen LogP contribution < -0.4 is 5.32 Å². The summed E-state index contributed by atoms with van der Waals surface area (Å²) in [6, 6.07) is 11.6. The van der Waals surface area contributed by atoms with E-state index < -0.39 is 0 Å². The zero-order chi connectivity index (χ0) is 14.8. The molecule has 0 aliphatic heterocycles. The van der Waals surface area contributed by atoms with Crippen LogP contribution in [0.5, 0.6) is 0 Å². The maximum absolute atomic E-state index is 12.3. The monoisotopic (exact) mass is 280 g/mol. The van der Waals surface area contributed by atoms with E-state index in [1.807, 2.05) is 44.2 Å². The maximum Gasteiger partial charge on any atom is 0.270 e. The van der Waals surface area contributed by atoms with Crippen LogP contribution >= 0.6 is 0 Å². The lowest BCUT2D eigenvalue weighted by Gasteiger charge is -2.07. The molecule has 1 aromatic carbocycles. The van der Waals surface area contributed by atoms with Crippen molar-refractivity contribution in [2.24, 2.45) is 0 Å². The lowest BCUT2D eigenvalue weighted by Crippen LogP contribution is -2.25. The van der Waals surface area contributed by atoms with Gasteiger partial charge in [-0.15, -0.1) is 0 Å². The number of benzene rings is 1. The third-order valence-corrected chi connectivity index (χ3v) is 3.29. The van der Waals surface area contributed by atoms with E-state index in [4.69, 9.17) is 0 Å².